The van der Waals surface area contributed by atoms with Gasteiger partial charge in [-0.1, -0.05) is 0 Å². The van der Waals surface area contributed by atoms with Crippen molar-refractivity contribution in [2.24, 2.45) is 0 Å². The lowest BCUT2D eigenvalue weighted by atomic mass is 10.1. The van der Waals surface area contributed by atoms with Crippen molar-refractivity contribution in [2.75, 3.05) is 17.2 Å². The number of carbonyl (C=O) groups is 1. The van der Waals surface area contributed by atoms with Gasteiger partial charge in [-0.2, -0.15) is 5.10 Å². The number of aromatic amines is 1. The summed E-state index contributed by atoms with van der Waals surface area (Å²) in [7, 11) is 0. The van der Waals surface area contributed by atoms with E-state index in [1.807, 2.05) is 32.9 Å². The first-order valence-electron chi connectivity index (χ1n) is 8.15. The van der Waals surface area contributed by atoms with Crippen LogP contribution in [0.25, 0.3) is 10.9 Å². The van der Waals surface area contributed by atoms with Crippen molar-refractivity contribution in [3.8, 4) is 0 Å². The number of amides is 2. The van der Waals surface area contributed by atoms with Crippen LogP contribution in [0.5, 0.6) is 0 Å². The SMILES string of the molecule is CCNc1n[nH]c2cc(NC(=O)NC(C)c3cc(C)ccn3)ncc12. The molecule has 0 aromatic carbocycles. The van der Waals surface area contributed by atoms with Crippen LogP contribution in [-0.2, 0) is 0 Å². The van der Waals surface area contributed by atoms with Crippen molar-refractivity contribution in [1.29, 1.82) is 0 Å². The average Bonchev–Trinajstić information content (AvgIpc) is 2.97. The van der Waals surface area contributed by atoms with Crippen molar-refractivity contribution in [3.63, 3.8) is 0 Å². The summed E-state index contributed by atoms with van der Waals surface area (Å²) in [4.78, 5) is 20.7. The summed E-state index contributed by atoms with van der Waals surface area (Å²) >= 11 is 0. The molecule has 0 aliphatic rings. The van der Waals surface area contributed by atoms with Crippen LogP contribution in [0, 0.1) is 6.92 Å². The van der Waals surface area contributed by atoms with Crippen LogP contribution in [-0.4, -0.2) is 32.7 Å². The van der Waals surface area contributed by atoms with Crippen molar-refractivity contribution >= 4 is 28.6 Å². The molecule has 0 saturated carbocycles. The number of nitrogens with zero attached hydrogens (tertiary/aromatic N) is 3. The fourth-order valence-electron chi connectivity index (χ4n) is 2.50. The summed E-state index contributed by atoms with van der Waals surface area (Å²) in [5.74, 6) is 1.20. The predicted molar refractivity (Wildman–Crippen MR) is 97.6 cm³/mol. The van der Waals surface area contributed by atoms with Gasteiger partial charge in [-0.15, -0.1) is 0 Å². The summed E-state index contributed by atoms with van der Waals surface area (Å²) in [6, 6.07) is 5.06. The fraction of sp³-hybridized carbons (Fsp3) is 0.294. The van der Waals surface area contributed by atoms with E-state index in [1.54, 1.807) is 18.5 Å². The Labute approximate surface area is 145 Å². The molecule has 8 nitrogen and oxygen atoms in total. The van der Waals surface area contributed by atoms with Gasteiger partial charge in [-0.05, 0) is 38.5 Å². The van der Waals surface area contributed by atoms with Gasteiger partial charge in [-0.3, -0.25) is 15.4 Å². The first-order chi connectivity index (χ1) is 12.1. The number of hydrogen-bond donors (Lipinski definition) is 4. The Kier molecular flexibility index (Phi) is 4.78. The van der Waals surface area contributed by atoms with Crippen LogP contribution in [0.1, 0.15) is 31.1 Å². The third kappa shape index (κ3) is 3.85. The first kappa shape index (κ1) is 16.7. The molecule has 3 aromatic heterocycles. The number of fused-ring (bicyclic) bond motifs is 1. The topological polar surface area (TPSA) is 108 Å². The second-order valence-corrected chi connectivity index (χ2v) is 5.80. The predicted octanol–water partition coefficient (Wildman–Crippen LogP) is 2.98. The van der Waals surface area contributed by atoms with Gasteiger partial charge >= 0.3 is 6.03 Å². The molecule has 3 heterocycles. The van der Waals surface area contributed by atoms with Gasteiger partial charge in [-0.25, -0.2) is 9.78 Å². The van der Waals surface area contributed by atoms with Gasteiger partial charge in [0.15, 0.2) is 5.82 Å². The molecule has 3 aromatic rings. The minimum absolute atomic E-state index is 0.212. The van der Waals surface area contributed by atoms with Crippen LogP contribution in [0.2, 0.25) is 0 Å². The monoisotopic (exact) mass is 339 g/mol. The molecule has 4 N–H and O–H groups in total. The minimum atomic E-state index is -0.339. The average molecular weight is 339 g/mol. The number of urea groups is 1. The van der Waals surface area contributed by atoms with Crippen LogP contribution < -0.4 is 16.0 Å². The van der Waals surface area contributed by atoms with E-state index in [-0.39, 0.29) is 12.1 Å². The number of anilines is 2. The van der Waals surface area contributed by atoms with Crippen LogP contribution >= 0.6 is 0 Å². The summed E-state index contributed by atoms with van der Waals surface area (Å²) in [6.07, 6.45) is 3.41. The maximum Gasteiger partial charge on any atom is 0.320 e. The Bertz CT molecular complexity index is 890. The van der Waals surface area contributed by atoms with Crippen LogP contribution in [0.15, 0.2) is 30.6 Å². The van der Waals surface area contributed by atoms with Gasteiger partial charge in [0.25, 0.3) is 0 Å². The van der Waals surface area contributed by atoms with E-state index < -0.39 is 0 Å². The van der Waals surface area contributed by atoms with E-state index in [0.29, 0.717) is 5.82 Å². The molecule has 1 unspecified atom stereocenters. The normalized spacial score (nSPS) is 12.0. The van der Waals surface area contributed by atoms with Gasteiger partial charge in [0.1, 0.15) is 5.82 Å². The highest BCUT2D eigenvalue weighted by atomic mass is 16.2. The second-order valence-electron chi connectivity index (χ2n) is 5.80. The zero-order chi connectivity index (χ0) is 17.8. The van der Waals surface area contributed by atoms with E-state index >= 15 is 0 Å². The summed E-state index contributed by atoms with van der Waals surface area (Å²) in [5.41, 5.74) is 2.71. The summed E-state index contributed by atoms with van der Waals surface area (Å²) < 4.78 is 0. The molecule has 0 aliphatic carbocycles. The van der Waals surface area contributed by atoms with Gasteiger partial charge in [0, 0.05) is 25.0 Å². The molecular weight excluding hydrogens is 318 g/mol. The maximum atomic E-state index is 12.2. The third-order valence-electron chi connectivity index (χ3n) is 3.76. The van der Waals surface area contributed by atoms with Crippen molar-refractivity contribution in [2.45, 2.75) is 26.8 Å². The van der Waals surface area contributed by atoms with E-state index in [0.717, 1.165) is 34.5 Å². The number of nitrogens with one attached hydrogen (secondary N) is 4. The Morgan fingerprint density at radius 1 is 1.32 bits per heavy atom. The molecule has 0 fully saturated rings. The molecule has 0 radical (unpaired) electrons. The van der Waals surface area contributed by atoms with Gasteiger partial charge in [0.05, 0.1) is 22.6 Å². The number of carbonyl (C=O) groups excluding carboxylic acids is 1. The lowest BCUT2D eigenvalue weighted by Gasteiger charge is -2.14. The molecule has 0 saturated heterocycles. The highest BCUT2D eigenvalue weighted by Crippen LogP contribution is 2.21. The Balaban J connectivity index is 1.67. The Hall–Kier alpha value is -3.16. The number of rotatable bonds is 5. The highest BCUT2D eigenvalue weighted by molar-refractivity contribution is 5.94. The van der Waals surface area contributed by atoms with Crippen LogP contribution in [0.4, 0.5) is 16.4 Å². The number of H-pyrrole nitrogens is 1. The quantitative estimate of drug-likeness (QED) is 0.571. The standard InChI is InChI=1S/C17H21N7O/c1-4-18-16-12-9-20-15(8-14(12)23-24-16)22-17(25)21-11(3)13-7-10(2)5-6-19-13/h5-9,11H,4H2,1-3H3,(H2,18,23,24)(H2,20,21,22,25). The second kappa shape index (κ2) is 7.16. The number of aryl methyl sites for hydroxylation is 1. The van der Waals surface area contributed by atoms with E-state index in [1.165, 1.54) is 0 Å². The fourth-order valence-corrected chi connectivity index (χ4v) is 2.50. The number of hydrogen-bond acceptors (Lipinski definition) is 5. The smallest absolute Gasteiger partial charge is 0.320 e. The zero-order valence-corrected chi connectivity index (χ0v) is 14.4. The van der Waals surface area contributed by atoms with Crippen molar-refractivity contribution in [1.82, 2.24) is 25.5 Å². The van der Waals surface area contributed by atoms with E-state index in [2.05, 4.69) is 36.1 Å². The molecule has 0 bridgehead atoms. The molecule has 3 rings (SSSR count). The van der Waals surface area contributed by atoms with Crippen molar-refractivity contribution < 1.29 is 4.79 Å². The molecule has 0 spiro atoms. The molecule has 2 amide bonds. The molecule has 8 heteroatoms. The maximum absolute atomic E-state index is 12.2. The molecule has 0 aliphatic heterocycles. The molecule has 25 heavy (non-hydrogen) atoms. The Morgan fingerprint density at radius 3 is 2.92 bits per heavy atom. The molecular formula is C17H21N7O. The van der Waals surface area contributed by atoms with Gasteiger partial charge in [0.2, 0.25) is 0 Å². The minimum Gasteiger partial charge on any atom is -0.368 e. The number of aromatic nitrogens is 4. The number of pyridine rings is 2. The summed E-state index contributed by atoms with van der Waals surface area (Å²) in [5, 5.41) is 16.7. The highest BCUT2D eigenvalue weighted by Gasteiger charge is 2.12. The third-order valence-corrected chi connectivity index (χ3v) is 3.76. The lowest BCUT2D eigenvalue weighted by Crippen LogP contribution is -2.31. The largest absolute Gasteiger partial charge is 0.368 e. The zero-order valence-electron chi connectivity index (χ0n) is 14.4. The van der Waals surface area contributed by atoms with E-state index in [4.69, 9.17) is 0 Å². The molecule has 130 valence electrons. The van der Waals surface area contributed by atoms with Crippen LogP contribution in [0.3, 0.4) is 0 Å². The lowest BCUT2D eigenvalue weighted by molar-refractivity contribution is 0.249. The van der Waals surface area contributed by atoms with Gasteiger partial charge < -0.3 is 10.6 Å². The van der Waals surface area contributed by atoms with E-state index in [9.17, 15) is 4.79 Å². The first-order valence-corrected chi connectivity index (χ1v) is 8.15. The van der Waals surface area contributed by atoms with Crippen molar-refractivity contribution in [3.05, 3.63) is 41.9 Å². The Morgan fingerprint density at radius 2 is 2.16 bits per heavy atom. The molecule has 1 atom stereocenters. The summed E-state index contributed by atoms with van der Waals surface area (Å²) in [6.45, 7) is 6.64.